The maximum atomic E-state index is 13.5. The third kappa shape index (κ3) is 14.1. The number of ether oxygens (including phenoxy) is 2. The first-order valence-corrected chi connectivity index (χ1v) is 19.2. The number of amides is 2. The molecular weight excluding hydrogens is 650 g/mol. The van der Waals surface area contributed by atoms with E-state index in [1.165, 1.54) is 38.5 Å². The summed E-state index contributed by atoms with van der Waals surface area (Å²) in [6, 6.07) is 0.566. The highest BCUT2D eigenvalue weighted by molar-refractivity contribution is 5.68. The van der Waals surface area contributed by atoms with Crippen LogP contribution in [0, 0.1) is 17.3 Å². The molecule has 0 radical (unpaired) electrons. The van der Waals surface area contributed by atoms with Gasteiger partial charge in [-0.2, -0.15) is 0 Å². The monoisotopic (exact) mass is 715 g/mol. The van der Waals surface area contributed by atoms with Crippen molar-refractivity contribution in [3.05, 3.63) is 36.0 Å². The molecule has 3 rings (SSSR count). The maximum absolute atomic E-state index is 13.5. The van der Waals surface area contributed by atoms with Gasteiger partial charge in [0.25, 0.3) is 0 Å². The van der Waals surface area contributed by atoms with Crippen LogP contribution in [0.25, 0.3) is 0 Å². The summed E-state index contributed by atoms with van der Waals surface area (Å²) in [5.74, 6) is -0.767. The number of aliphatic hydroxyl groups is 2. The second-order valence-corrected chi connectivity index (χ2v) is 15.8. The highest BCUT2D eigenvalue weighted by Gasteiger charge is 2.36. The normalized spacial score (nSPS) is 22.3. The average molecular weight is 716 g/mol. The number of hydrogen-bond donors (Lipinski definition) is 2. The fourth-order valence-corrected chi connectivity index (χ4v) is 7.18. The minimum Gasteiger partial charge on any atom is -0.449 e. The van der Waals surface area contributed by atoms with Crippen LogP contribution in [0.2, 0.25) is 0 Å². The quantitative estimate of drug-likeness (QED) is 0.0795. The molecule has 0 aromatic rings. The number of allylic oxidation sites excluding steroid dienone is 4. The smallest absolute Gasteiger partial charge is 0.410 e. The molecule has 11 heteroatoms. The number of rotatable bonds is 17. The lowest BCUT2D eigenvalue weighted by atomic mass is 9.86. The van der Waals surface area contributed by atoms with Crippen molar-refractivity contribution in [1.82, 2.24) is 14.7 Å². The van der Waals surface area contributed by atoms with E-state index in [1.54, 1.807) is 28.9 Å². The summed E-state index contributed by atoms with van der Waals surface area (Å²) < 4.78 is 11.5. The van der Waals surface area contributed by atoms with Gasteiger partial charge in [-0.05, 0) is 64.4 Å². The molecule has 0 aromatic carbocycles. The second-order valence-electron chi connectivity index (χ2n) is 15.8. The van der Waals surface area contributed by atoms with E-state index in [0.717, 1.165) is 50.9 Å². The van der Waals surface area contributed by atoms with Gasteiger partial charge in [-0.25, -0.2) is 9.59 Å². The van der Waals surface area contributed by atoms with E-state index >= 15 is 0 Å². The molecule has 3 fully saturated rings. The van der Waals surface area contributed by atoms with Gasteiger partial charge in [-0.3, -0.25) is 4.90 Å². The number of hydrogen-bond acceptors (Lipinski definition) is 9. The first kappa shape index (κ1) is 42.4. The molecule has 0 bridgehead atoms. The van der Waals surface area contributed by atoms with E-state index in [-0.39, 0.29) is 37.9 Å². The van der Waals surface area contributed by atoms with Crippen LogP contribution < -0.4 is 0 Å². The first-order chi connectivity index (χ1) is 24.3. The van der Waals surface area contributed by atoms with Crippen molar-refractivity contribution < 1.29 is 38.9 Å². The van der Waals surface area contributed by atoms with Crippen LogP contribution >= 0.6 is 0 Å². The molecule has 2 aliphatic heterocycles. The summed E-state index contributed by atoms with van der Waals surface area (Å²) in [6.07, 6.45) is 17.7. The van der Waals surface area contributed by atoms with E-state index in [4.69, 9.17) is 9.47 Å². The van der Waals surface area contributed by atoms with Crippen LogP contribution in [0.15, 0.2) is 36.0 Å². The van der Waals surface area contributed by atoms with E-state index in [2.05, 4.69) is 4.90 Å². The number of likely N-dealkylation sites (tertiary alicyclic amines) is 1. The van der Waals surface area contributed by atoms with E-state index in [9.17, 15) is 29.4 Å². The number of aliphatic hydroxyl groups excluding tert-OH is 1. The Bertz CT molecular complexity index is 1190. The Labute approximate surface area is 306 Å². The maximum Gasteiger partial charge on any atom is 0.410 e. The fraction of sp³-hybridized carbons (Fsp3) is 0.750. The lowest BCUT2D eigenvalue weighted by Gasteiger charge is -2.40. The molecule has 0 unspecified atom stereocenters. The molecular formula is C40H65N3O8. The number of carbonyl (C=O) groups excluding carboxylic acids is 4. The van der Waals surface area contributed by atoms with Crippen molar-refractivity contribution in [2.45, 2.75) is 129 Å². The molecule has 2 N–H and O–H groups in total. The van der Waals surface area contributed by atoms with Crippen LogP contribution in [-0.4, -0.2) is 119 Å². The predicted molar refractivity (Wildman–Crippen MR) is 198 cm³/mol. The predicted octanol–water partition coefficient (Wildman–Crippen LogP) is 6.08. The first-order valence-electron chi connectivity index (χ1n) is 19.2. The number of nitrogens with zero attached hydrogens (tertiary/aromatic N) is 3. The van der Waals surface area contributed by atoms with Gasteiger partial charge < -0.3 is 39.1 Å². The van der Waals surface area contributed by atoms with Gasteiger partial charge in [0.15, 0.2) is 6.10 Å². The van der Waals surface area contributed by atoms with Gasteiger partial charge in [-0.1, -0.05) is 76.3 Å². The number of aldehydes is 2. The number of piperazine rings is 1. The lowest BCUT2D eigenvalue weighted by molar-refractivity contribution is -0.111. The molecule has 2 saturated heterocycles. The fourth-order valence-electron chi connectivity index (χ4n) is 7.18. The Morgan fingerprint density at radius 1 is 0.882 bits per heavy atom. The molecule has 3 aliphatic rings. The Balaban J connectivity index is 1.65. The minimum atomic E-state index is -1.54. The summed E-state index contributed by atoms with van der Waals surface area (Å²) in [6.45, 7) is 13.7. The Morgan fingerprint density at radius 3 is 2.12 bits per heavy atom. The molecule has 11 nitrogen and oxygen atoms in total. The average Bonchev–Trinajstić information content (AvgIpc) is 3.51. The highest BCUT2D eigenvalue weighted by atomic mass is 16.6. The molecule has 1 aliphatic carbocycles. The van der Waals surface area contributed by atoms with Crippen molar-refractivity contribution in [3.8, 4) is 0 Å². The summed E-state index contributed by atoms with van der Waals surface area (Å²) in [7, 11) is 0. The third-order valence-electron chi connectivity index (χ3n) is 10.8. The topological polar surface area (TPSA) is 137 Å². The van der Waals surface area contributed by atoms with Crippen LogP contribution in [0.1, 0.15) is 105 Å². The minimum absolute atomic E-state index is 0.0410. The van der Waals surface area contributed by atoms with Crippen LogP contribution in [-0.2, 0) is 19.1 Å². The molecule has 0 spiro atoms. The van der Waals surface area contributed by atoms with Crippen molar-refractivity contribution in [2.75, 3.05) is 45.9 Å². The molecule has 5 atom stereocenters. The van der Waals surface area contributed by atoms with Crippen LogP contribution in [0.3, 0.4) is 0 Å². The molecule has 2 heterocycles. The Kier molecular flexibility index (Phi) is 17.4. The third-order valence-corrected chi connectivity index (χ3v) is 10.8. The standard InChI is InChI=1S/C40H65N3O8/c1-31(13-12-20-39(3,4)30-50-37(47)42-22-10-11-23-42)35(29-45)32(2)16-17-36(40(5,49)21-18-34(46)19-28-44)51-38(48)43-26-24-41(25-27-43)33-14-8-6-7-9-15-33/h12-13,16-17,20,28-29,32-36,46,49H,6-11,14-15,18-19,21-27,30H2,1-5H3/b17-16+,20-12+,31-13+/t32-,34+,35+,36+,40+/m0/s1. The zero-order valence-corrected chi connectivity index (χ0v) is 31.8. The van der Waals surface area contributed by atoms with Gasteiger partial charge in [0.05, 0.1) is 6.10 Å². The number of carbonyl (C=O) groups is 4. The molecule has 2 amide bonds. The second kappa shape index (κ2) is 20.9. The van der Waals surface area contributed by atoms with E-state index in [0.29, 0.717) is 25.4 Å². The van der Waals surface area contributed by atoms with Crippen LogP contribution in [0.4, 0.5) is 9.59 Å². The van der Waals surface area contributed by atoms with Gasteiger partial charge >= 0.3 is 12.2 Å². The lowest BCUT2D eigenvalue weighted by Crippen LogP contribution is -2.53. The van der Waals surface area contributed by atoms with Gasteiger partial charge in [-0.15, -0.1) is 0 Å². The van der Waals surface area contributed by atoms with Gasteiger partial charge in [0.2, 0.25) is 0 Å². The summed E-state index contributed by atoms with van der Waals surface area (Å²) in [5.41, 5.74) is -1.11. The van der Waals surface area contributed by atoms with E-state index < -0.39 is 35.2 Å². The van der Waals surface area contributed by atoms with Gasteiger partial charge in [0, 0.05) is 63.1 Å². The zero-order valence-electron chi connectivity index (χ0n) is 31.8. The molecule has 0 aromatic heterocycles. The van der Waals surface area contributed by atoms with Crippen molar-refractivity contribution in [2.24, 2.45) is 17.3 Å². The van der Waals surface area contributed by atoms with Crippen molar-refractivity contribution >= 4 is 24.8 Å². The van der Waals surface area contributed by atoms with Crippen molar-refractivity contribution in [1.29, 1.82) is 0 Å². The summed E-state index contributed by atoms with van der Waals surface area (Å²) >= 11 is 0. The molecule has 51 heavy (non-hydrogen) atoms. The summed E-state index contributed by atoms with van der Waals surface area (Å²) in [4.78, 5) is 54.9. The van der Waals surface area contributed by atoms with Crippen LogP contribution in [0.5, 0.6) is 0 Å². The van der Waals surface area contributed by atoms with Gasteiger partial charge in [0.1, 0.15) is 24.8 Å². The highest BCUT2D eigenvalue weighted by Crippen LogP contribution is 2.28. The largest absolute Gasteiger partial charge is 0.449 e. The van der Waals surface area contributed by atoms with E-state index in [1.807, 2.05) is 45.9 Å². The zero-order chi connectivity index (χ0) is 37.4. The SMILES string of the molecule is C/C(=C\C=C\C(C)(C)COC(=O)N1CCCC1)[C@@H](C=O)[C@@H](C)/C=C/[C@@H](OC(=O)N1CCN(C2CCCCCC2)CC1)[C@](C)(O)CC[C@@H](O)CC=O. The summed E-state index contributed by atoms with van der Waals surface area (Å²) in [5, 5.41) is 21.7. The molecule has 1 saturated carbocycles. The molecule has 288 valence electrons. The van der Waals surface area contributed by atoms with Crippen molar-refractivity contribution in [3.63, 3.8) is 0 Å². The Morgan fingerprint density at radius 2 is 1.51 bits per heavy atom. The Hall–Kier alpha value is -3.02.